The van der Waals surface area contributed by atoms with Gasteiger partial charge in [-0.15, -0.1) is 0 Å². The van der Waals surface area contributed by atoms with Crippen molar-refractivity contribution in [3.63, 3.8) is 0 Å². The summed E-state index contributed by atoms with van der Waals surface area (Å²) < 4.78 is 93.7. The third-order valence-electron chi connectivity index (χ3n) is 5.41. The van der Waals surface area contributed by atoms with E-state index in [2.05, 4.69) is 37.0 Å². The molecule has 1 aliphatic heterocycles. The Labute approximate surface area is 223 Å². The molecule has 0 aliphatic carbocycles. The zero-order valence-electron chi connectivity index (χ0n) is 21.2. The van der Waals surface area contributed by atoms with Crippen LogP contribution in [0.3, 0.4) is 0 Å². The Morgan fingerprint density at radius 2 is 2.08 bits per heavy atom. The highest BCUT2D eigenvalue weighted by atomic mass is 32.2. The number of anilines is 2. The number of alkyl halides is 1. The molecule has 1 aromatic heterocycles. The lowest BCUT2D eigenvalue weighted by Crippen LogP contribution is -2.44. The highest BCUT2D eigenvalue weighted by Gasteiger charge is 2.25. The zero-order valence-corrected chi connectivity index (χ0v) is 22.0. The lowest BCUT2D eigenvalue weighted by Gasteiger charge is -2.26. The maximum Gasteiger partial charge on any atom is 0.235 e. The van der Waals surface area contributed by atoms with E-state index in [1.165, 1.54) is 25.4 Å². The summed E-state index contributed by atoms with van der Waals surface area (Å²) in [5, 5.41) is 6.00. The van der Waals surface area contributed by atoms with E-state index in [1.54, 1.807) is 17.7 Å². The van der Waals surface area contributed by atoms with E-state index in [-0.39, 0.29) is 48.7 Å². The van der Waals surface area contributed by atoms with Gasteiger partial charge in [-0.3, -0.25) is 4.72 Å². The number of rotatable bonds is 12. The van der Waals surface area contributed by atoms with Gasteiger partial charge in [-0.2, -0.15) is 4.39 Å². The average molecular weight is 573 g/mol. The molecule has 2 atom stereocenters. The second-order valence-corrected chi connectivity index (χ2v) is 10.2. The first-order chi connectivity index (χ1) is 18.6. The Balaban J connectivity index is 1.94. The number of aliphatic imine (C=N–C) groups is 1. The molecule has 10 nitrogen and oxygen atoms in total. The highest BCUT2D eigenvalue weighted by molar-refractivity contribution is 7.92. The van der Waals surface area contributed by atoms with Crippen molar-refractivity contribution in [1.82, 2.24) is 15.3 Å². The summed E-state index contributed by atoms with van der Waals surface area (Å²) in [6.45, 7) is 5.57. The quantitative estimate of drug-likeness (QED) is 0.116. The summed E-state index contributed by atoms with van der Waals surface area (Å²) >= 11 is 0. The molecule has 0 radical (unpaired) electrons. The standard InChI is InChI=1S/C24H28F4N6O4S/c1-4-5-16(18-6-7-31-24(33-18)32-15-10-14(25)12-30-13-15)23(29-2)38-19-11-17(26)22(21(28)20(19)27)34-39(35,36)9-8-37-3/h4-7,11,14-15,30,34H,2,8-10,12-13H2,1,3H3,(H,31,32,33)/b5-4-,23-16-/t14-,15?/m0/s1. The predicted octanol–water partition coefficient (Wildman–Crippen LogP) is 3.42. The van der Waals surface area contributed by atoms with Crippen LogP contribution in [0.2, 0.25) is 0 Å². The van der Waals surface area contributed by atoms with E-state index in [0.717, 1.165) is 0 Å². The van der Waals surface area contributed by atoms with Crippen molar-refractivity contribution in [2.45, 2.75) is 25.6 Å². The van der Waals surface area contributed by atoms with Crippen LogP contribution >= 0.6 is 0 Å². The van der Waals surface area contributed by atoms with Gasteiger partial charge in [0.15, 0.2) is 17.4 Å². The molecular formula is C24H28F4N6O4S. The van der Waals surface area contributed by atoms with Gasteiger partial charge in [0, 0.05) is 44.9 Å². The molecule has 2 heterocycles. The number of methoxy groups -OCH3 is 1. The molecule has 212 valence electrons. The maximum atomic E-state index is 14.9. The van der Waals surface area contributed by atoms with Gasteiger partial charge in [-0.05, 0) is 19.7 Å². The zero-order chi connectivity index (χ0) is 28.6. The molecule has 0 bridgehead atoms. The number of sulfonamides is 1. The molecule has 1 unspecified atom stereocenters. The van der Waals surface area contributed by atoms with Crippen molar-refractivity contribution in [1.29, 1.82) is 0 Å². The highest BCUT2D eigenvalue weighted by Crippen LogP contribution is 2.33. The normalized spacial score (nSPS) is 18.5. The third kappa shape index (κ3) is 7.97. The van der Waals surface area contributed by atoms with Gasteiger partial charge < -0.3 is 20.1 Å². The molecule has 39 heavy (non-hydrogen) atoms. The van der Waals surface area contributed by atoms with Crippen molar-refractivity contribution in [2.75, 3.05) is 42.6 Å². The summed E-state index contributed by atoms with van der Waals surface area (Å²) in [5.41, 5.74) is -0.814. The van der Waals surface area contributed by atoms with Crippen molar-refractivity contribution in [3.05, 3.63) is 59.5 Å². The maximum absolute atomic E-state index is 14.9. The number of ether oxygens (including phenoxy) is 2. The number of hydrogen-bond acceptors (Lipinski definition) is 9. The van der Waals surface area contributed by atoms with Gasteiger partial charge in [-0.25, -0.2) is 36.5 Å². The minimum absolute atomic E-state index is 0.160. The number of nitrogens with one attached hydrogen (secondary N) is 3. The van der Waals surface area contributed by atoms with Crippen LogP contribution in [0, 0.1) is 17.5 Å². The Morgan fingerprint density at radius 1 is 1.31 bits per heavy atom. The van der Waals surface area contributed by atoms with Gasteiger partial charge >= 0.3 is 0 Å². The fourth-order valence-corrected chi connectivity index (χ4v) is 4.60. The number of halogens is 4. The molecule has 1 aromatic carbocycles. The Kier molecular flexibility index (Phi) is 10.4. The Bertz CT molecular complexity index is 1360. The lowest BCUT2D eigenvalue weighted by molar-refractivity contribution is 0.217. The molecule has 1 saturated heterocycles. The predicted molar refractivity (Wildman–Crippen MR) is 139 cm³/mol. The first kappa shape index (κ1) is 30.0. The van der Waals surface area contributed by atoms with Crippen LogP contribution < -0.4 is 20.1 Å². The smallest absolute Gasteiger partial charge is 0.235 e. The molecule has 2 aromatic rings. The van der Waals surface area contributed by atoms with E-state index in [4.69, 9.17) is 4.74 Å². The fourth-order valence-electron chi connectivity index (χ4n) is 3.61. The van der Waals surface area contributed by atoms with Crippen molar-refractivity contribution in [3.8, 4) is 5.75 Å². The Morgan fingerprint density at radius 3 is 2.74 bits per heavy atom. The van der Waals surface area contributed by atoms with Crippen LogP contribution in [0.5, 0.6) is 5.75 Å². The summed E-state index contributed by atoms with van der Waals surface area (Å²) in [7, 11) is -2.98. The number of allylic oxidation sites excluding steroid dienone is 3. The van der Waals surface area contributed by atoms with Crippen LogP contribution in [-0.4, -0.2) is 69.9 Å². The van der Waals surface area contributed by atoms with Crippen LogP contribution in [0.1, 0.15) is 19.0 Å². The van der Waals surface area contributed by atoms with Crippen molar-refractivity contribution < 1.29 is 35.5 Å². The topological polar surface area (TPSA) is 127 Å². The molecule has 0 amide bonds. The first-order valence-corrected chi connectivity index (χ1v) is 13.4. The van der Waals surface area contributed by atoms with Gasteiger partial charge in [0.2, 0.25) is 27.7 Å². The fraction of sp³-hybridized carbons (Fsp3) is 0.375. The van der Waals surface area contributed by atoms with Crippen molar-refractivity contribution in [2.24, 2.45) is 4.99 Å². The van der Waals surface area contributed by atoms with E-state index in [9.17, 15) is 26.0 Å². The second kappa shape index (κ2) is 13.5. The first-order valence-electron chi connectivity index (χ1n) is 11.7. The number of piperidine rings is 1. The summed E-state index contributed by atoms with van der Waals surface area (Å²) in [4.78, 5) is 12.2. The molecule has 0 spiro atoms. The number of benzene rings is 1. The summed E-state index contributed by atoms with van der Waals surface area (Å²) in [6.07, 6.45) is 3.75. The average Bonchev–Trinajstić information content (AvgIpc) is 2.90. The molecule has 1 fully saturated rings. The van der Waals surface area contributed by atoms with Gasteiger partial charge in [-0.1, -0.05) is 12.2 Å². The third-order valence-corrected chi connectivity index (χ3v) is 6.63. The van der Waals surface area contributed by atoms with Crippen LogP contribution in [0.25, 0.3) is 5.57 Å². The van der Waals surface area contributed by atoms with Crippen LogP contribution in [-0.2, 0) is 14.8 Å². The van der Waals surface area contributed by atoms with E-state index in [1.807, 2.05) is 0 Å². The van der Waals surface area contributed by atoms with E-state index < -0.39 is 50.8 Å². The van der Waals surface area contributed by atoms with Gasteiger partial charge in [0.1, 0.15) is 11.9 Å². The van der Waals surface area contributed by atoms with Crippen molar-refractivity contribution >= 4 is 33.9 Å². The van der Waals surface area contributed by atoms with Crippen LogP contribution in [0.4, 0.5) is 29.2 Å². The Hall–Kier alpha value is -3.56. The summed E-state index contributed by atoms with van der Waals surface area (Å²) in [6, 6.07) is 1.69. The monoisotopic (exact) mass is 572 g/mol. The van der Waals surface area contributed by atoms with Gasteiger partial charge in [0.05, 0.1) is 23.6 Å². The van der Waals surface area contributed by atoms with E-state index in [0.29, 0.717) is 12.6 Å². The molecular weight excluding hydrogens is 544 g/mol. The van der Waals surface area contributed by atoms with Crippen LogP contribution in [0.15, 0.2) is 41.4 Å². The molecule has 0 saturated carbocycles. The van der Waals surface area contributed by atoms with E-state index >= 15 is 0 Å². The molecule has 3 rings (SSSR count). The summed E-state index contributed by atoms with van der Waals surface area (Å²) in [5.74, 6) is -6.62. The number of nitrogens with zero attached hydrogens (tertiary/aromatic N) is 3. The number of aromatic nitrogens is 2. The lowest BCUT2D eigenvalue weighted by atomic mass is 10.1. The second-order valence-electron chi connectivity index (χ2n) is 8.35. The molecule has 15 heteroatoms. The molecule has 1 aliphatic rings. The number of hydrogen-bond donors (Lipinski definition) is 3. The molecule has 3 N–H and O–H groups in total. The minimum atomic E-state index is -4.23. The largest absolute Gasteiger partial charge is 0.435 e. The SMILES string of the molecule is C=N/C(Oc1cc(F)c(NS(=O)(=O)CCOC)c(F)c1F)=C(\C=C/C)c1ccnc(NC2CNC[C@@H](F)C2)n1. The minimum Gasteiger partial charge on any atom is -0.435 e. The van der Waals surface area contributed by atoms with Gasteiger partial charge in [0.25, 0.3) is 0 Å².